The first-order valence-electron chi connectivity index (χ1n) is 9.24. The minimum atomic E-state index is -0.525. The summed E-state index contributed by atoms with van der Waals surface area (Å²) in [5.74, 6) is 1.75. The second-order valence-corrected chi connectivity index (χ2v) is 9.15. The van der Waals surface area contributed by atoms with E-state index in [-0.39, 0.29) is 11.6 Å². The molecule has 1 aromatic rings. The monoisotopic (exact) mass is 325 g/mol. The highest BCUT2D eigenvalue weighted by molar-refractivity contribution is 5.36. The van der Waals surface area contributed by atoms with Crippen molar-refractivity contribution in [3.8, 4) is 0 Å². The van der Waals surface area contributed by atoms with E-state index in [2.05, 4.69) is 49.9 Å². The molecule has 0 spiro atoms. The molecule has 3 saturated carbocycles. The summed E-state index contributed by atoms with van der Waals surface area (Å²) in [5.41, 5.74) is 1.83. The van der Waals surface area contributed by atoms with E-state index in [0.717, 1.165) is 24.3 Å². The molecule has 1 saturated heterocycles. The smallest absolute Gasteiger partial charge is 0.188 e. The standard InChI is InChI=1S/C21H27NO2/c1-13-12-21(14-8-6-5-7-9-14)22(18(13)23)17-11-15-10-16(19(15,2)3)20(17,4)24-21/h5-9,15-17,23H,10-12H2,1-4H3/t15-,16-,17+,20-,21+/m1/s1. The second-order valence-electron chi connectivity index (χ2n) is 9.15. The van der Waals surface area contributed by atoms with Gasteiger partial charge in [0.05, 0.1) is 11.6 Å². The molecule has 0 amide bonds. The van der Waals surface area contributed by atoms with Crippen LogP contribution in [0, 0.1) is 17.3 Å². The van der Waals surface area contributed by atoms with Crippen molar-refractivity contribution >= 4 is 0 Å². The normalized spacial score (nSPS) is 45.0. The Kier molecular flexibility index (Phi) is 2.59. The number of aliphatic hydroxyl groups is 1. The quantitative estimate of drug-likeness (QED) is 0.821. The van der Waals surface area contributed by atoms with Gasteiger partial charge in [-0.05, 0) is 49.5 Å². The molecule has 0 unspecified atom stereocenters. The zero-order valence-corrected chi connectivity index (χ0v) is 15.0. The molecule has 24 heavy (non-hydrogen) atoms. The molecule has 0 radical (unpaired) electrons. The SMILES string of the molecule is CC1=C(O)N2[C@H]3C[C@H]4C[C@H](C4(C)C)[C@@]3(C)O[C@]2(c2ccccc2)C1. The summed E-state index contributed by atoms with van der Waals surface area (Å²) in [6, 6.07) is 10.8. The van der Waals surface area contributed by atoms with Gasteiger partial charge in [-0.2, -0.15) is 0 Å². The molecule has 5 atom stereocenters. The number of ether oxygens (including phenoxy) is 1. The molecule has 128 valence electrons. The Bertz CT molecular complexity index is 739. The molecule has 6 rings (SSSR count). The first-order valence-corrected chi connectivity index (χ1v) is 9.24. The minimum absolute atomic E-state index is 0.192. The van der Waals surface area contributed by atoms with Crippen molar-refractivity contribution in [1.82, 2.24) is 4.90 Å². The van der Waals surface area contributed by atoms with Crippen LogP contribution in [0.4, 0.5) is 0 Å². The number of benzene rings is 1. The summed E-state index contributed by atoms with van der Waals surface area (Å²) in [5, 5.41) is 10.9. The molecule has 3 nitrogen and oxygen atoms in total. The van der Waals surface area contributed by atoms with E-state index in [1.54, 1.807) is 0 Å². The Hall–Kier alpha value is -1.48. The van der Waals surface area contributed by atoms with Gasteiger partial charge in [-0.25, -0.2) is 0 Å². The van der Waals surface area contributed by atoms with Crippen molar-refractivity contribution in [2.45, 2.75) is 64.3 Å². The predicted molar refractivity (Wildman–Crippen MR) is 93.2 cm³/mol. The number of hydrogen-bond donors (Lipinski definition) is 1. The zero-order chi connectivity index (χ0) is 16.9. The van der Waals surface area contributed by atoms with Gasteiger partial charge in [0.2, 0.25) is 0 Å². The molecule has 3 heteroatoms. The van der Waals surface area contributed by atoms with Crippen LogP contribution < -0.4 is 0 Å². The Morgan fingerprint density at radius 2 is 1.83 bits per heavy atom. The highest BCUT2D eigenvalue weighted by atomic mass is 16.6. The Balaban J connectivity index is 1.67. The van der Waals surface area contributed by atoms with Crippen LogP contribution in [0.1, 0.15) is 52.5 Å². The first kappa shape index (κ1) is 14.8. The third-order valence-corrected chi connectivity index (χ3v) is 7.76. The fourth-order valence-electron chi connectivity index (χ4n) is 6.37. The third-order valence-electron chi connectivity index (χ3n) is 7.76. The van der Waals surface area contributed by atoms with Crippen molar-refractivity contribution in [3.63, 3.8) is 0 Å². The second kappa shape index (κ2) is 4.19. The summed E-state index contributed by atoms with van der Waals surface area (Å²) in [7, 11) is 0. The van der Waals surface area contributed by atoms with Gasteiger partial charge in [-0.3, -0.25) is 0 Å². The molecule has 2 aliphatic heterocycles. The summed E-state index contributed by atoms with van der Waals surface area (Å²) < 4.78 is 7.00. The maximum atomic E-state index is 10.9. The summed E-state index contributed by atoms with van der Waals surface area (Å²) in [6.07, 6.45) is 3.14. The molecule has 0 aromatic heterocycles. The summed E-state index contributed by atoms with van der Waals surface area (Å²) in [4.78, 5) is 2.23. The van der Waals surface area contributed by atoms with E-state index in [1.165, 1.54) is 12.0 Å². The molecular formula is C21H27NO2. The van der Waals surface area contributed by atoms with E-state index < -0.39 is 5.72 Å². The molecule has 4 fully saturated rings. The van der Waals surface area contributed by atoms with Gasteiger partial charge in [0.1, 0.15) is 0 Å². The topological polar surface area (TPSA) is 32.7 Å². The third kappa shape index (κ3) is 1.45. The van der Waals surface area contributed by atoms with Gasteiger partial charge in [0, 0.05) is 12.0 Å². The molecule has 1 N–H and O–H groups in total. The lowest BCUT2D eigenvalue weighted by Gasteiger charge is -2.64. The van der Waals surface area contributed by atoms with Crippen LogP contribution in [0.15, 0.2) is 41.8 Å². The maximum absolute atomic E-state index is 10.9. The molecule has 2 heterocycles. The minimum Gasteiger partial charge on any atom is -0.495 e. The van der Waals surface area contributed by atoms with Crippen LogP contribution in [0.2, 0.25) is 0 Å². The van der Waals surface area contributed by atoms with Crippen molar-refractivity contribution < 1.29 is 9.84 Å². The van der Waals surface area contributed by atoms with Crippen molar-refractivity contribution in [3.05, 3.63) is 47.4 Å². The van der Waals surface area contributed by atoms with Gasteiger partial charge in [-0.15, -0.1) is 0 Å². The number of aliphatic hydroxyl groups excluding tert-OH is 1. The average molecular weight is 325 g/mol. The van der Waals surface area contributed by atoms with E-state index in [9.17, 15) is 5.11 Å². The van der Waals surface area contributed by atoms with Gasteiger partial charge in [0.15, 0.2) is 11.6 Å². The lowest BCUT2D eigenvalue weighted by Crippen LogP contribution is -2.66. The van der Waals surface area contributed by atoms with Crippen LogP contribution in [0.25, 0.3) is 0 Å². The van der Waals surface area contributed by atoms with Crippen molar-refractivity contribution in [2.24, 2.45) is 17.3 Å². The zero-order valence-electron chi connectivity index (χ0n) is 15.0. The van der Waals surface area contributed by atoms with Crippen molar-refractivity contribution in [2.75, 3.05) is 0 Å². The van der Waals surface area contributed by atoms with Crippen LogP contribution in [-0.4, -0.2) is 21.6 Å². The van der Waals surface area contributed by atoms with Gasteiger partial charge >= 0.3 is 0 Å². The largest absolute Gasteiger partial charge is 0.495 e. The Labute approximate surface area is 144 Å². The van der Waals surface area contributed by atoms with Crippen LogP contribution in [-0.2, 0) is 10.5 Å². The number of fused-ring (bicyclic) bond motifs is 1. The highest BCUT2D eigenvalue weighted by Gasteiger charge is 2.73. The summed E-state index contributed by atoms with van der Waals surface area (Å²) >= 11 is 0. The van der Waals surface area contributed by atoms with Gasteiger partial charge in [0.25, 0.3) is 0 Å². The van der Waals surface area contributed by atoms with Crippen LogP contribution in [0.5, 0.6) is 0 Å². The maximum Gasteiger partial charge on any atom is 0.188 e. The fraction of sp³-hybridized carbons (Fsp3) is 0.619. The molecule has 1 aromatic carbocycles. The fourth-order valence-corrected chi connectivity index (χ4v) is 6.37. The molecular weight excluding hydrogens is 298 g/mol. The average Bonchev–Trinajstić information content (AvgIpc) is 2.96. The van der Waals surface area contributed by atoms with Gasteiger partial charge < -0.3 is 14.7 Å². The predicted octanol–water partition coefficient (Wildman–Crippen LogP) is 4.56. The number of nitrogens with zero attached hydrogens (tertiary/aromatic N) is 1. The first-order chi connectivity index (χ1) is 11.3. The lowest BCUT2D eigenvalue weighted by atomic mass is 9.43. The summed E-state index contributed by atoms with van der Waals surface area (Å²) in [6.45, 7) is 9.13. The number of rotatable bonds is 1. The van der Waals surface area contributed by atoms with Gasteiger partial charge in [-0.1, -0.05) is 44.2 Å². The molecule has 5 aliphatic rings. The molecule has 3 aliphatic carbocycles. The van der Waals surface area contributed by atoms with E-state index in [4.69, 9.17) is 4.74 Å². The van der Waals surface area contributed by atoms with E-state index in [0.29, 0.717) is 17.2 Å². The van der Waals surface area contributed by atoms with E-state index >= 15 is 0 Å². The van der Waals surface area contributed by atoms with Crippen LogP contribution in [0.3, 0.4) is 0 Å². The van der Waals surface area contributed by atoms with E-state index in [1.807, 2.05) is 13.0 Å². The Morgan fingerprint density at radius 1 is 1.12 bits per heavy atom. The lowest BCUT2D eigenvalue weighted by molar-refractivity contribution is -0.228. The van der Waals surface area contributed by atoms with Crippen molar-refractivity contribution in [1.29, 1.82) is 0 Å². The van der Waals surface area contributed by atoms with Crippen LogP contribution >= 0.6 is 0 Å². The molecule has 2 bridgehead atoms. The Morgan fingerprint density at radius 3 is 2.50 bits per heavy atom. The highest BCUT2D eigenvalue weighted by Crippen LogP contribution is 2.70. The number of hydrogen-bond acceptors (Lipinski definition) is 3.